The van der Waals surface area contributed by atoms with E-state index >= 15 is 0 Å². The fourth-order valence-electron chi connectivity index (χ4n) is 2.57. The van der Waals surface area contributed by atoms with Crippen molar-refractivity contribution in [2.45, 2.75) is 61.4 Å². The second-order valence-electron chi connectivity index (χ2n) is 5.53. The molecule has 0 aliphatic carbocycles. The topological polar surface area (TPSA) is 221 Å². The van der Waals surface area contributed by atoms with Crippen molar-refractivity contribution in [3.63, 3.8) is 0 Å². The van der Waals surface area contributed by atoms with E-state index < -0.39 is 74.6 Å². The molecule has 2 rings (SSSR count). The zero-order valence-corrected chi connectivity index (χ0v) is 12.5. The third-order valence-electron chi connectivity index (χ3n) is 3.98. The zero-order chi connectivity index (χ0) is 17.3. The normalized spacial score (nSPS) is 49.5. The highest BCUT2D eigenvalue weighted by Crippen LogP contribution is 2.28. The van der Waals surface area contributed by atoms with Crippen LogP contribution in [0.3, 0.4) is 0 Å². The minimum atomic E-state index is -1.74. The fourth-order valence-corrected chi connectivity index (χ4v) is 2.57. The lowest BCUT2D eigenvalue weighted by atomic mass is 9.97. The van der Waals surface area contributed by atoms with Gasteiger partial charge in [0.15, 0.2) is 12.6 Å². The molecule has 2 fully saturated rings. The number of aliphatic hydroxyl groups is 8. The van der Waals surface area contributed by atoms with Crippen molar-refractivity contribution in [3.05, 3.63) is 0 Å². The highest BCUT2D eigenvalue weighted by atomic mass is 16.7. The lowest BCUT2D eigenvalue weighted by molar-refractivity contribution is -0.355. The molecule has 0 spiro atoms. The highest BCUT2D eigenvalue weighted by Gasteiger charge is 2.50. The van der Waals surface area contributed by atoms with Crippen molar-refractivity contribution in [2.24, 2.45) is 0 Å². The summed E-state index contributed by atoms with van der Waals surface area (Å²) in [6, 6.07) is 0. The molecular weight excluding hydrogens is 336 g/mol. The lowest BCUT2D eigenvalue weighted by Crippen LogP contribution is -2.64. The summed E-state index contributed by atoms with van der Waals surface area (Å²) in [5.74, 6) is 0. The molecule has 12 nitrogen and oxygen atoms in total. The quantitative estimate of drug-likeness (QED) is 0.235. The largest absolute Gasteiger partial charge is 0.412 e. The monoisotopic (exact) mass is 360 g/mol. The summed E-state index contributed by atoms with van der Waals surface area (Å²) in [6.07, 6.45) is -15.6. The van der Waals surface area contributed by atoms with E-state index in [0.29, 0.717) is 0 Å². The van der Waals surface area contributed by atoms with Crippen LogP contribution in [0.4, 0.5) is 0 Å². The van der Waals surface area contributed by atoms with E-state index in [9.17, 15) is 35.7 Å². The van der Waals surface area contributed by atoms with Crippen molar-refractivity contribution in [1.29, 1.82) is 0 Å². The van der Waals surface area contributed by atoms with Gasteiger partial charge in [-0.1, -0.05) is 0 Å². The smallest absolute Gasteiger partial charge is 0.187 e. The maximum atomic E-state index is 9.94. The molecule has 0 bridgehead atoms. The molecule has 2 aliphatic heterocycles. The van der Waals surface area contributed by atoms with Gasteiger partial charge < -0.3 is 60.5 Å². The van der Waals surface area contributed by atoms with Crippen molar-refractivity contribution in [2.75, 3.05) is 13.2 Å². The standard InChI is InChI=1S/C12H22O11.H2O/c13-1-3-5(15)6(16)9(19)12(22-3)23-10-4(2-14)21-11(20)8(18)7(10)17;/h3-20H,1-2H2;1H2/t3?,4?,5-,6-,7+,8?,9?,10+,11-,12+;/m1./s1. The maximum absolute atomic E-state index is 9.94. The molecule has 2 aliphatic rings. The lowest BCUT2D eigenvalue weighted by Gasteiger charge is -2.45. The molecule has 24 heavy (non-hydrogen) atoms. The van der Waals surface area contributed by atoms with Gasteiger partial charge in [-0.05, 0) is 0 Å². The Morgan fingerprint density at radius 1 is 0.667 bits per heavy atom. The Labute approximate surface area is 136 Å². The van der Waals surface area contributed by atoms with E-state index in [4.69, 9.17) is 19.3 Å². The van der Waals surface area contributed by atoms with Gasteiger partial charge in [0, 0.05) is 0 Å². The van der Waals surface area contributed by atoms with Gasteiger partial charge in [0.25, 0.3) is 0 Å². The van der Waals surface area contributed by atoms with Gasteiger partial charge >= 0.3 is 0 Å². The molecule has 10 N–H and O–H groups in total. The third-order valence-corrected chi connectivity index (χ3v) is 3.98. The second kappa shape index (κ2) is 8.75. The molecule has 12 heteroatoms. The molecule has 0 aromatic rings. The van der Waals surface area contributed by atoms with E-state index in [0.717, 1.165) is 0 Å². The average molecular weight is 360 g/mol. The fraction of sp³-hybridized carbons (Fsp3) is 1.00. The first-order chi connectivity index (χ1) is 10.8. The third kappa shape index (κ3) is 4.01. The molecule has 0 amide bonds. The summed E-state index contributed by atoms with van der Waals surface area (Å²) >= 11 is 0. The van der Waals surface area contributed by atoms with Gasteiger partial charge in [-0.2, -0.15) is 0 Å². The number of hydrogen-bond donors (Lipinski definition) is 8. The Balaban J connectivity index is 0.00000288. The number of hydrogen-bond acceptors (Lipinski definition) is 11. The van der Waals surface area contributed by atoms with Gasteiger partial charge in [-0.3, -0.25) is 0 Å². The Morgan fingerprint density at radius 3 is 1.79 bits per heavy atom. The van der Waals surface area contributed by atoms with Crippen molar-refractivity contribution >= 4 is 0 Å². The van der Waals surface area contributed by atoms with Crippen LogP contribution < -0.4 is 0 Å². The van der Waals surface area contributed by atoms with E-state index in [1.807, 2.05) is 0 Å². The van der Waals surface area contributed by atoms with Crippen LogP contribution in [-0.2, 0) is 14.2 Å². The first kappa shape index (κ1) is 21.6. The predicted molar refractivity (Wildman–Crippen MR) is 72.2 cm³/mol. The van der Waals surface area contributed by atoms with E-state index in [-0.39, 0.29) is 5.48 Å². The Hall–Kier alpha value is -0.480. The van der Waals surface area contributed by atoms with Crippen LogP contribution in [0.15, 0.2) is 0 Å². The SMILES string of the molecule is O.OCC1O[C@@H](O[C@H]2C(CO)O[C@@H](O)C(O)[C@@H]2O)C(O)[C@H](O)[C@@H]1O. The number of ether oxygens (including phenoxy) is 3. The van der Waals surface area contributed by atoms with E-state index in [2.05, 4.69) is 0 Å². The van der Waals surface area contributed by atoms with Crippen LogP contribution in [0.1, 0.15) is 0 Å². The van der Waals surface area contributed by atoms with E-state index in [1.165, 1.54) is 0 Å². The Bertz CT molecular complexity index is 379. The van der Waals surface area contributed by atoms with Crippen LogP contribution in [0, 0.1) is 0 Å². The molecule has 0 saturated carbocycles. The van der Waals surface area contributed by atoms with Crippen LogP contribution in [0.5, 0.6) is 0 Å². The molecular formula is C12H24O12. The van der Waals surface area contributed by atoms with Crippen LogP contribution in [-0.4, -0.2) is 121 Å². The van der Waals surface area contributed by atoms with Crippen molar-refractivity contribution in [3.8, 4) is 0 Å². The maximum Gasteiger partial charge on any atom is 0.187 e. The van der Waals surface area contributed by atoms with Crippen molar-refractivity contribution in [1.82, 2.24) is 0 Å². The number of aliphatic hydroxyl groups excluding tert-OH is 8. The summed E-state index contributed by atoms with van der Waals surface area (Å²) in [7, 11) is 0. The molecule has 2 heterocycles. The van der Waals surface area contributed by atoms with Gasteiger partial charge in [0.05, 0.1) is 13.2 Å². The summed E-state index contributed by atoms with van der Waals surface area (Å²) in [4.78, 5) is 0. The minimum Gasteiger partial charge on any atom is -0.412 e. The second-order valence-corrected chi connectivity index (χ2v) is 5.53. The van der Waals surface area contributed by atoms with Crippen LogP contribution in [0.2, 0.25) is 0 Å². The summed E-state index contributed by atoms with van der Waals surface area (Å²) in [6.45, 7) is -1.35. The molecule has 10 atom stereocenters. The molecule has 144 valence electrons. The molecule has 0 aromatic heterocycles. The highest BCUT2D eigenvalue weighted by molar-refractivity contribution is 4.93. The molecule has 2 saturated heterocycles. The summed E-state index contributed by atoms with van der Waals surface area (Å²) < 4.78 is 15.3. The molecule has 4 unspecified atom stereocenters. The van der Waals surface area contributed by atoms with Crippen LogP contribution >= 0.6 is 0 Å². The number of rotatable bonds is 4. The van der Waals surface area contributed by atoms with Gasteiger partial charge in [0.1, 0.15) is 48.8 Å². The Morgan fingerprint density at radius 2 is 1.25 bits per heavy atom. The Kier molecular flexibility index (Phi) is 7.86. The van der Waals surface area contributed by atoms with Gasteiger partial charge in [-0.25, -0.2) is 0 Å². The predicted octanol–water partition coefficient (Wildman–Crippen LogP) is -6.22. The molecule has 0 aromatic carbocycles. The van der Waals surface area contributed by atoms with Gasteiger partial charge in [0.2, 0.25) is 0 Å². The molecule has 0 radical (unpaired) electrons. The van der Waals surface area contributed by atoms with Crippen LogP contribution in [0.25, 0.3) is 0 Å². The summed E-state index contributed by atoms with van der Waals surface area (Å²) in [5, 5.41) is 76.5. The zero-order valence-electron chi connectivity index (χ0n) is 12.5. The van der Waals surface area contributed by atoms with Gasteiger partial charge in [-0.15, -0.1) is 0 Å². The first-order valence-corrected chi connectivity index (χ1v) is 7.08. The first-order valence-electron chi connectivity index (χ1n) is 7.08. The van der Waals surface area contributed by atoms with E-state index in [1.54, 1.807) is 0 Å². The minimum absolute atomic E-state index is 0. The summed E-state index contributed by atoms with van der Waals surface area (Å²) in [5.41, 5.74) is 0. The average Bonchev–Trinajstić information content (AvgIpc) is 2.55. The van der Waals surface area contributed by atoms with Crippen molar-refractivity contribution < 1.29 is 60.5 Å².